The number of aromatic nitrogens is 3. The second kappa shape index (κ2) is 8.49. The molecule has 6 heteroatoms. The average Bonchev–Trinajstić information content (AvgIpc) is 3.11. The molecule has 0 aliphatic heterocycles. The van der Waals surface area contributed by atoms with Crippen LogP contribution in [0.1, 0.15) is 29.4 Å². The lowest BCUT2D eigenvalue weighted by Gasteiger charge is -2.17. The molecule has 5 nitrogen and oxygen atoms in total. The molecule has 4 rings (SSSR count). The molecule has 0 spiro atoms. The van der Waals surface area contributed by atoms with E-state index in [1.165, 1.54) is 16.5 Å². The Hall–Kier alpha value is -3.12. The number of ether oxygens (including phenoxy) is 1. The third-order valence-corrected chi connectivity index (χ3v) is 5.39. The van der Waals surface area contributed by atoms with Gasteiger partial charge < -0.3 is 10.2 Å². The van der Waals surface area contributed by atoms with E-state index in [1.54, 1.807) is 0 Å². The van der Waals surface area contributed by atoms with Gasteiger partial charge in [-0.3, -0.25) is 5.10 Å². The van der Waals surface area contributed by atoms with Gasteiger partial charge in [-0.2, -0.15) is 5.10 Å². The lowest BCUT2D eigenvalue weighted by Crippen LogP contribution is -2.18. The standard InChI is InChI=1S/C23H24N4OS/c1-3-22-25-26-23(29)27(22)24-14-20-19-11-7-6-9-17(19)12-13-21(20)28-15-18-10-5-4-8-16(18)2/h4-13,24H,3,14-15H2,1-2H3,(H,26,29). The molecule has 0 unspecified atom stereocenters. The number of rotatable bonds is 7. The van der Waals surface area contributed by atoms with Gasteiger partial charge in [-0.1, -0.05) is 61.5 Å². The average molecular weight is 405 g/mol. The van der Waals surface area contributed by atoms with E-state index in [9.17, 15) is 0 Å². The number of benzene rings is 3. The molecular weight excluding hydrogens is 380 g/mol. The number of hydrogen-bond acceptors (Lipinski definition) is 4. The van der Waals surface area contributed by atoms with Crippen molar-refractivity contribution < 1.29 is 4.74 Å². The smallest absolute Gasteiger partial charge is 0.214 e. The van der Waals surface area contributed by atoms with Gasteiger partial charge in [0.2, 0.25) is 4.77 Å². The highest BCUT2D eigenvalue weighted by molar-refractivity contribution is 7.71. The van der Waals surface area contributed by atoms with Crippen molar-refractivity contribution in [1.29, 1.82) is 0 Å². The lowest BCUT2D eigenvalue weighted by molar-refractivity contribution is 0.303. The number of aryl methyl sites for hydroxylation is 2. The molecule has 148 valence electrons. The Morgan fingerprint density at radius 2 is 1.86 bits per heavy atom. The second-order valence-corrected chi connectivity index (χ2v) is 7.33. The van der Waals surface area contributed by atoms with Crippen LogP contribution in [0.25, 0.3) is 10.8 Å². The predicted octanol–water partition coefficient (Wildman–Crippen LogP) is 5.29. The van der Waals surface area contributed by atoms with Crippen molar-refractivity contribution in [2.45, 2.75) is 33.4 Å². The molecule has 0 saturated carbocycles. The summed E-state index contributed by atoms with van der Waals surface area (Å²) in [6.45, 7) is 5.26. The summed E-state index contributed by atoms with van der Waals surface area (Å²) in [6.07, 6.45) is 0.784. The molecule has 0 aliphatic rings. The molecule has 29 heavy (non-hydrogen) atoms. The highest BCUT2D eigenvalue weighted by Gasteiger charge is 2.11. The Bertz CT molecular complexity index is 1190. The van der Waals surface area contributed by atoms with Crippen LogP contribution in [0.2, 0.25) is 0 Å². The van der Waals surface area contributed by atoms with E-state index in [0.29, 0.717) is 17.9 Å². The van der Waals surface area contributed by atoms with Gasteiger partial charge in [0.25, 0.3) is 0 Å². The van der Waals surface area contributed by atoms with Crippen LogP contribution in [-0.2, 0) is 19.6 Å². The summed E-state index contributed by atoms with van der Waals surface area (Å²) in [7, 11) is 0. The molecule has 2 N–H and O–H groups in total. The summed E-state index contributed by atoms with van der Waals surface area (Å²) in [5, 5.41) is 9.46. The van der Waals surface area contributed by atoms with Crippen LogP contribution in [0.5, 0.6) is 5.75 Å². The van der Waals surface area contributed by atoms with Crippen molar-refractivity contribution in [2.75, 3.05) is 5.43 Å². The van der Waals surface area contributed by atoms with Gasteiger partial charge in [0.15, 0.2) is 5.82 Å². The van der Waals surface area contributed by atoms with Crippen molar-refractivity contribution in [3.05, 3.63) is 87.9 Å². The summed E-state index contributed by atoms with van der Waals surface area (Å²) in [5.74, 6) is 1.74. The molecule has 0 saturated heterocycles. The van der Waals surface area contributed by atoms with Crippen molar-refractivity contribution in [3.63, 3.8) is 0 Å². The van der Waals surface area contributed by atoms with Crippen LogP contribution in [0.4, 0.5) is 0 Å². The minimum absolute atomic E-state index is 0.531. The Balaban J connectivity index is 1.66. The number of hydrogen-bond donors (Lipinski definition) is 2. The van der Waals surface area contributed by atoms with E-state index in [4.69, 9.17) is 17.0 Å². The first-order chi connectivity index (χ1) is 14.2. The fraction of sp³-hybridized carbons (Fsp3) is 0.217. The van der Waals surface area contributed by atoms with Crippen molar-refractivity contribution in [1.82, 2.24) is 14.9 Å². The zero-order valence-electron chi connectivity index (χ0n) is 16.6. The van der Waals surface area contributed by atoms with Gasteiger partial charge in [-0.05, 0) is 47.1 Å². The van der Waals surface area contributed by atoms with Gasteiger partial charge in [0.05, 0.1) is 6.54 Å². The number of aromatic amines is 1. The molecule has 0 aliphatic carbocycles. The minimum atomic E-state index is 0.531. The van der Waals surface area contributed by atoms with Gasteiger partial charge in [-0.25, -0.2) is 4.68 Å². The summed E-state index contributed by atoms with van der Waals surface area (Å²) >= 11 is 5.36. The third-order valence-electron chi connectivity index (χ3n) is 5.11. The van der Waals surface area contributed by atoms with Crippen LogP contribution < -0.4 is 10.2 Å². The van der Waals surface area contributed by atoms with E-state index in [0.717, 1.165) is 28.9 Å². The van der Waals surface area contributed by atoms with Crippen LogP contribution in [-0.4, -0.2) is 14.9 Å². The Labute approximate surface area is 175 Å². The fourth-order valence-electron chi connectivity index (χ4n) is 3.45. The van der Waals surface area contributed by atoms with E-state index in [-0.39, 0.29) is 0 Å². The normalized spacial score (nSPS) is 11.0. The fourth-order valence-corrected chi connectivity index (χ4v) is 3.66. The largest absolute Gasteiger partial charge is 0.489 e. The van der Waals surface area contributed by atoms with Crippen LogP contribution in [0.3, 0.4) is 0 Å². The minimum Gasteiger partial charge on any atom is -0.489 e. The van der Waals surface area contributed by atoms with Crippen molar-refractivity contribution in [3.8, 4) is 5.75 Å². The first kappa shape index (κ1) is 19.2. The zero-order valence-corrected chi connectivity index (χ0v) is 17.4. The molecule has 0 fully saturated rings. The van der Waals surface area contributed by atoms with Crippen molar-refractivity contribution >= 4 is 23.0 Å². The molecule has 0 atom stereocenters. The highest BCUT2D eigenvalue weighted by Crippen LogP contribution is 2.29. The number of nitrogens with zero attached hydrogens (tertiary/aromatic N) is 2. The topological polar surface area (TPSA) is 54.9 Å². The lowest BCUT2D eigenvalue weighted by atomic mass is 10.0. The highest BCUT2D eigenvalue weighted by atomic mass is 32.1. The molecule has 0 radical (unpaired) electrons. The summed E-state index contributed by atoms with van der Waals surface area (Å²) in [5.41, 5.74) is 6.92. The van der Waals surface area contributed by atoms with Crippen LogP contribution in [0, 0.1) is 11.7 Å². The van der Waals surface area contributed by atoms with E-state index < -0.39 is 0 Å². The summed E-state index contributed by atoms with van der Waals surface area (Å²) in [6, 6.07) is 20.8. The number of fused-ring (bicyclic) bond motifs is 1. The maximum absolute atomic E-state index is 6.27. The molecule has 1 heterocycles. The third kappa shape index (κ3) is 4.03. The Morgan fingerprint density at radius 1 is 1.07 bits per heavy atom. The van der Waals surface area contributed by atoms with Crippen LogP contribution >= 0.6 is 12.2 Å². The van der Waals surface area contributed by atoms with Gasteiger partial charge in [0.1, 0.15) is 12.4 Å². The molecule has 3 aromatic carbocycles. The first-order valence-electron chi connectivity index (χ1n) is 9.75. The van der Waals surface area contributed by atoms with Crippen molar-refractivity contribution in [2.24, 2.45) is 0 Å². The van der Waals surface area contributed by atoms with Crippen LogP contribution in [0.15, 0.2) is 60.7 Å². The van der Waals surface area contributed by atoms with Gasteiger partial charge in [0, 0.05) is 12.0 Å². The quantitative estimate of drug-likeness (QED) is 0.411. The maximum atomic E-state index is 6.27. The first-order valence-corrected chi connectivity index (χ1v) is 10.2. The summed E-state index contributed by atoms with van der Waals surface area (Å²) in [4.78, 5) is 0. The molecule has 1 aromatic heterocycles. The van der Waals surface area contributed by atoms with E-state index in [1.807, 2.05) is 22.9 Å². The molecule has 0 bridgehead atoms. The Kier molecular flexibility index (Phi) is 5.62. The monoisotopic (exact) mass is 404 g/mol. The molecular formula is C23H24N4OS. The Morgan fingerprint density at radius 3 is 2.69 bits per heavy atom. The number of H-pyrrole nitrogens is 1. The zero-order chi connectivity index (χ0) is 20.2. The molecule has 0 amide bonds. The van der Waals surface area contributed by atoms with E-state index in [2.05, 4.69) is 71.9 Å². The second-order valence-electron chi connectivity index (χ2n) is 6.95. The maximum Gasteiger partial charge on any atom is 0.214 e. The van der Waals surface area contributed by atoms with Gasteiger partial charge in [-0.15, -0.1) is 0 Å². The van der Waals surface area contributed by atoms with Gasteiger partial charge >= 0.3 is 0 Å². The predicted molar refractivity (Wildman–Crippen MR) is 119 cm³/mol. The molecule has 4 aromatic rings. The summed E-state index contributed by atoms with van der Waals surface area (Å²) < 4.78 is 8.67. The SMILES string of the molecule is CCc1n[nH]c(=S)n1NCc1c(OCc2ccccc2C)ccc2ccccc12. The number of nitrogens with one attached hydrogen (secondary N) is 2. The van der Waals surface area contributed by atoms with E-state index >= 15 is 0 Å².